The van der Waals surface area contributed by atoms with Crippen LogP contribution in [0.5, 0.6) is 11.5 Å². The molecule has 27 heavy (non-hydrogen) atoms. The lowest BCUT2D eigenvalue weighted by Gasteiger charge is -2.27. The molecule has 0 amide bonds. The molecule has 6 heteroatoms. The van der Waals surface area contributed by atoms with Gasteiger partial charge in [-0.25, -0.2) is 4.99 Å². The van der Waals surface area contributed by atoms with E-state index in [0.717, 1.165) is 23.6 Å². The van der Waals surface area contributed by atoms with Gasteiger partial charge in [-0.15, -0.1) is 0 Å². The summed E-state index contributed by atoms with van der Waals surface area (Å²) in [7, 11) is 0. The first-order valence-corrected chi connectivity index (χ1v) is 9.27. The second kappa shape index (κ2) is 8.77. The Morgan fingerprint density at radius 3 is 2.56 bits per heavy atom. The van der Waals surface area contributed by atoms with Gasteiger partial charge in [-0.1, -0.05) is 42.5 Å². The summed E-state index contributed by atoms with van der Waals surface area (Å²) in [5.41, 5.74) is -0.197. The number of nitrogens with zero attached hydrogens (tertiary/aromatic N) is 1. The zero-order chi connectivity index (χ0) is 19.1. The first-order valence-electron chi connectivity index (χ1n) is 9.27. The van der Waals surface area contributed by atoms with Crippen molar-refractivity contribution in [2.45, 2.75) is 25.6 Å². The van der Waals surface area contributed by atoms with Crippen molar-refractivity contribution in [3.63, 3.8) is 0 Å². The standard InChI is InChI=1S/C21H27N3O3/c1-3-22-20(24-15-21(2,25)16-9-5-4-6-10-16)23-13-17-14-26-18-11-7-8-12-19(18)27-17/h4-12,17,25H,3,13-15H2,1-2H3,(H2,22,23,24). The lowest BCUT2D eigenvalue weighted by atomic mass is 9.96. The van der Waals surface area contributed by atoms with Gasteiger partial charge >= 0.3 is 0 Å². The number of rotatable bonds is 6. The molecule has 144 valence electrons. The molecule has 2 aromatic carbocycles. The summed E-state index contributed by atoms with van der Waals surface area (Å²) in [6, 6.07) is 17.2. The van der Waals surface area contributed by atoms with Crippen LogP contribution in [0.3, 0.4) is 0 Å². The van der Waals surface area contributed by atoms with Crippen molar-refractivity contribution in [1.29, 1.82) is 0 Å². The summed E-state index contributed by atoms with van der Waals surface area (Å²) >= 11 is 0. The number of ether oxygens (including phenoxy) is 2. The van der Waals surface area contributed by atoms with E-state index >= 15 is 0 Å². The van der Waals surface area contributed by atoms with Gasteiger partial charge in [0.15, 0.2) is 17.5 Å². The second-order valence-corrected chi connectivity index (χ2v) is 6.71. The number of para-hydroxylation sites is 2. The van der Waals surface area contributed by atoms with Crippen LogP contribution in [0.15, 0.2) is 59.6 Å². The van der Waals surface area contributed by atoms with Crippen LogP contribution in [0.1, 0.15) is 19.4 Å². The second-order valence-electron chi connectivity index (χ2n) is 6.71. The van der Waals surface area contributed by atoms with Crippen LogP contribution in [0.2, 0.25) is 0 Å². The molecule has 0 radical (unpaired) electrons. The van der Waals surface area contributed by atoms with Crippen LogP contribution in [0, 0.1) is 0 Å². The number of benzene rings is 2. The van der Waals surface area contributed by atoms with Crippen LogP contribution in [0.4, 0.5) is 0 Å². The Labute approximate surface area is 160 Å². The predicted molar refractivity (Wildman–Crippen MR) is 106 cm³/mol. The number of fused-ring (bicyclic) bond motifs is 1. The van der Waals surface area contributed by atoms with Crippen molar-refractivity contribution < 1.29 is 14.6 Å². The fraction of sp³-hybridized carbons (Fsp3) is 0.381. The number of hydrogen-bond acceptors (Lipinski definition) is 4. The van der Waals surface area contributed by atoms with E-state index in [4.69, 9.17) is 9.47 Å². The molecule has 1 aliphatic heterocycles. The number of hydrogen-bond donors (Lipinski definition) is 3. The molecule has 0 aromatic heterocycles. The van der Waals surface area contributed by atoms with E-state index in [-0.39, 0.29) is 12.6 Å². The summed E-state index contributed by atoms with van der Waals surface area (Å²) in [6.45, 7) is 5.77. The number of aliphatic hydroxyl groups is 1. The third kappa shape index (κ3) is 5.14. The van der Waals surface area contributed by atoms with E-state index in [2.05, 4.69) is 15.6 Å². The zero-order valence-electron chi connectivity index (χ0n) is 15.8. The highest BCUT2D eigenvalue weighted by Crippen LogP contribution is 2.30. The summed E-state index contributed by atoms with van der Waals surface area (Å²) < 4.78 is 11.7. The maximum absolute atomic E-state index is 10.7. The lowest BCUT2D eigenvalue weighted by molar-refractivity contribution is 0.0671. The van der Waals surface area contributed by atoms with Crippen LogP contribution >= 0.6 is 0 Å². The Balaban J connectivity index is 1.58. The SMILES string of the molecule is CCNC(=NCC(C)(O)c1ccccc1)NCC1COc2ccccc2O1. The van der Waals surface area contributed by atoms with Gasteiger partial charge < -0.3 is 25.2 Å². The van der Waals surface area contributed by atoms with Gasteiger partial charge in [-0.05, 0) is 31.5 Å². The molecule has 0 spiro atoms. The summed E-state index contributed by atoms with van der Waals surface area (Å²) in [5, 5.41) is 17.2. The molecule has 2 atom stereocenters. The summed E-state index contributed by atoms with van der Waals surface area (Å²) in [4.78, 5) is 4.54. The van der Waals surface area contributed by atoms with Gasteiger partial charge in [0.05, 0.1) is 13.1 Å². The fourth-order valence-corrected chi connectivity index (χ4v) is 2.84. The molecule has 0 bridgehead atoms. The Morgan fingerprint density at radius 2 is 1.81 bits per heavy atom. The van der Waals surface area contributed by atoms with Crippen LogP contribution in [-0.2, 0) is 5.60 Å². The minimum atomic E-state index is -1.03. The Kier molecular flexibility index (Phi) is 6.19. The topological polar surface area (TPSA) is 75.1 Å². The predicted octanol–water partition coefficient (Wildman–Crippen LogP) is 2.29. The third-order valence-corrected chi connectivity index (χ3v) is 4.35. The molecule has 3 N–H and O–H groups in total. The molecule has 0 fully saturated rings. The minimum Gasteiger partial charge on any atom is -0.486 e. The molecule has 1 heterocycles. The maximum atomic E-state index is 10.7. The highest BCUT2D eigenvalue weighted by Gasteiger charge is 2.23. The van der Waals surface area contributed by atoms with E-state index in [9.17, 15) is 5.11 Å². The van der Waals surface area contributed by atoms with E-state index in [1.807, 2.05) is 61.5 Å². The highest BCUT2D eigenvalue weighted by atomic mass is 16.6. The molecule has 2 aromatic rings. The number of aliphatic imine (C=N–C) groups is 1. The molecule has 0 saturated carbocycles. The maximum Gasteiger partial charge on any atom is 0.191 e. The molecular weight excluding hydrogens is 342 g/mol. The van der Waals surface area contributed by atoms with Crippen molar-refractivity contribution in [2.75, 3.05) is 26.2 Å². The lowest BCUT2D eigenvalue weighted by Crippen LogP contribution is -2.46. The van der Waals surface area contributed by atoms with Gasteiger partial charge in [0.1, 0.15) is 18.3 Å². The van der Waals surface area contributed by atoms with Gasteiger partial charge in [0.25, 0.3) is 0 Å². The summed E-state index contributed by atoms with van der Waals surface area (Å²) in [6.07, 6.45) is -0.113. The van der Waals surface area contributed by atoms with Gasteiger partial charge in [0.2, 0.25) is 0 Å². The molecule has 3 rings (SSSR count). The minimum absolute atomic E-state index is 0.113. The van der Waals surface area contributed by atoms with Crippen LogP contribution < -0.4 is 20.1 Å². The molecule has 1 aliphatic rings. The Bertz CT molecular complexity index is 762. The Hall–Kier alpha value is -2.73. The smallest absolute Gasteiger partial charge is 0.191 e. The van der Waals surface area contributed by atoms with Gasteiger partial charge in [-0.3, -0.25) is 0 Å². The van der Waals surface area contributed by atoms with Crippen molar-refractivity contribution in [2.24, 2.45) is 4.99 Å². The van der Waals surface area contributed by atoms with Crippen LogP contribution in [-0.4, -0.2) is 43.4 Å². The van der Waals surface area contributed by atoms with Crippen molar-refractivity contribution in [3.05, 3.63) is 60.2 Å². The van der Waals surface area contributed by atoms with E-state index in [1.54, 1.807) is 6.92 Å². The van der Waals surface area contributed by atoms with Crippen molar-refractivity contribution >= 4 is 5.96 Å². The van der Waals surface area contributed by atoms with Gasteiger partial charge in [0, 0.05) is 6.54 Å². The highest BCUT2D eigenvalue weighted by molar-refractivity contribution is 5.79. The molecular formula is C21H27N3O3. The van der Waals surface area contributed by atoms with E-state index < -0.39 is 5.60 Å². The van der Waals surface area contributed by atoms with Gasteiger partial charge in [-0.2, -0.15) is 0 Å². The first-order chi connectivity index (χ1) is 13.1. The molecule has 0 saturated heterocycles. The monoisotopic (exact) mass is 369 g/mol. The van der Waals surface area contributed by atoms with E-state index in [1.165, 1.54) is 0 Å². The Morgan fingerprint density at radius 1 is 1.11 bits per heavy atom. The van der Waals surface area contributed by atoms with Crippen molar-refractivity contribution in [1.82, 2.24) is 10.6 Å². The average molecular weight is 369 g/mol. The summed E-state index contributed by atoms with van der Waals surface area (Å²) in [5.74, 6) is 2.16. The molecule has 6 nitrogen and oxygen atoms in total. The largest absolute Gasteiger partial charge is 0.486 e. The zero-order valence-corrected chi connectivity index (χ0v) is 15.8. The fourth-order valence-electron chi connectivity index (χ4n) is 2.84. The number of guanidine groups is 1. The third-order valence-electron chi connectivity index (χ3n) is 4.35. The van der Waals surface area contributed by atoms with Crippen LogP contribution in [0.25, 0.3) is 0 Å². The van der Waals surface area contributed by atoms with E-state index in [0.29, 0.717) is 19.1 Å². The normalized spacial score (nSPS) is 18.5. The molecule has 0 aliphatic carbocycles. The first kappa shape index (κ1) is 19.0. The molecule has 2 unspecified atom stereocenters. The quantitative estimate of drug-likeness (QED) is 0.538. The van der Waals surface area contributed by atoms with Crippen molar-refractivity contribution in [3.8, 4) is 11.5 Å². The average Bonchev–Trinajstić information content (AvgIpc) is 2.70. The number of nitrogens with one attached hydrogen (secondary N) is 2.